The van der Waals surface area contributed by atoms with Crippen LogP contribution in [0.3, 0.4) is 0 Å². The van der Waals surface area contributed by atoms with Gasteiger partial charge in [0.15, 0.2) is 4.32 Å². The van der Waals surface area contributed by atoms with E-state index in [9.17, 15) is 14.4 Å². The Kier molecular flexibility index (Phi) is 6.04. The molecule has 1 saturated heterocycles. The number of nitrogens with one attached hydrogen (secondary N) is 2. The summed E-state index contributed by atoms with van der Waals surface area (Å²) in [5, 5.41) is 4.20. The Bertz CT molecular complexity index is 1400. The van der Waals surface area contributed by atoms with Gasteiger partial charge in [-0.1, -0.05) is 41.0 Å². The number of carbonyl (C=O) groups is 2. The minimum atomic E-state index is -0.665. The average Bonchev–Trinajstić information content (AvgIpc) is 3.13. The predicted octanol–water partition coefficient (Wildman–Crippen LogP) is 4.12. The van der Waals surface area contributed by atoms with E-state index in [1.807, 2.05) is 12.1 Å². The quantitative estimate of drug-likeness (QED) is 0.411. The minimum Gasteiger partial charge on any atom is -0.307 e. The van der Waals surface area contributed by atoms with Crippen molar-refractivity contribution in [3.05, 3.63) is 67.4 Å². The second-order valence-electron chi connectivity index (χ2n) is 6.86. The van der Waals surface area contributed by atoms with Crippen LogP contribution in [-0.4, -0.2) is 30.4 Å². The number of aromatic nitrogens is 2. The lowest BCUT2D eigenvalue weighted by molar-refractivity contribution is -0.123. The topological polar surface area (TPSA) is 88.4 Å². The van der Waals surface area contributed by atoms with Crippen molar-refractivity contribution < 1.29 is 9.59 Å². The second-order valence-corrected chi connectivity index (χ2v) is 9.35. The van der Waals surface area contributed by atoms with Crippen molar-refractivity contribution in [2.75, 3.05) is 5.32 Å². The zero-order valence-corrected chi connectivity index (χ0v) is 19.8. The van der Waals surface area contributed by atoms with Crippen LogP contribution in [0.2, 0.25) is 10.0 Å². The van der Waals surface area contributed by atoms with Gasteiger partial charge in [0.2, 0.25) is 0 Å². The number of thioether (sulfide) groups is 1. The minimum absolute atomic E-state index is 0.138. The number of carbonyl (C=O) groups excluding carboxylic acids is 2. The molecule has 3 amide bonds. The van der Waals surface area contributed by atoms with Crippen LogP contribution >= 0.6 is 47.2 Å². The number of amides is 3. The van der Waals surface area contributed by atoms with Crippen LogP contribution in [0.25, 0.3) is 17.1 Å². The largest absolute Gasteiger partial charge is 0.338 e. The van der Waals surface area contributed by atoms with Crippen LogP contribution in [-0.2, 0) is 18.9 Å². The summed E-state index contributed by atoms with van der Waals surface area (Å²) in [7, 11) is 3.38. The van der Waals surface area contributed by atoms with Gasteiger partial charge in [-0.15, -0.1) is 0 Å². The van der Waals surface area contributed by atoms with Crippen LogP contribution in [0.1, 0.15) is 5.56 Å². The van der Waals surface area contributed by atoms with Gasteiger partial charge in [0.1, 0.15) is 0 Å². The first-order valence-corrected chi connectivity index (χ1v) is 11.1. The first kappa shape index (κ1) is 22.4. The molecule has 1 aliphatic heterocycles. The number of rotatable bonds is 3. The van der Waals surface area contributed by atoms with E-state index in [1.54, 1.807) is 42.9 Å². The number of aryl methyl sites for hydroxylation is 2. The molecule has 1 fully saturated rings. The van der Waals surface area contributed by atoms with E-state index < -0.39 is 11.9 Å². The number of halogens is 2. The molecule has 0 unspecified atom stereocenters. The number of anilines is 1. The van der Waals surface area contributed by atoms with Crippen LogP contribution in [0, 0.1) is 0 Å². The molecule has 32 heavy (non-hydrogen) atoms. The van der Waals surface area contributed by atoms with E-state index in [0.717, 1.165) is 33.4 Å². The molecule has 0 bridgehead atoms. The number of nitrogens with zero attached hydrogens (tertiary/aromatic N) is 3. The molecule has 0 saturated carbocycles. The number of imidazole rings is 1. The van der Waals surface area contributed by atoms with Crippen LogP contribution in [0.5, 0.6) is 0 Å². The third kappa shape index (κ3) is 4.14. The fourth-order valence-corrected chi connectivity index (χ4v) is 4.64. The number of hydrogen-bond acceptors (Lipinski definition) is 5. The van der Waals surface area contributed by atoms with Crippen LogP contribution in [0.15, 0.2) is 46.1 Å². The van der Waals surface area contributed by atoms with Crippen molar-refractivity contribution in [3.63, 3.8) is 0 Å². The molecular formula is C20H15Cl2N5O3S2. The fourth-order valence-electron chi connectivity index (χ4n) is 3.16. The van der Waals surface area contributed by atoms with Gasteiger partial charge < -0.3 is 5.32 Å². The van der Waals surface area contributed by atoms with E-state index in [4.69, 9.17) is 35.4 Å². The molecule has 4 rings (SSSR count). The summed E-state index contributed by atoms with van der Waals surface area (Å²) in [5.74, 6) is -0.466. The Hall–Kier alpha value is -2.79. The number of fused-ring (bicyclic) bond motifs is 1. The summed E-state index contributed by atoms with van der Waals surface area (Å²) in [4.78, 5) is 37.6. The molecule has 2 aromatic carbocycles. The number of hydrazine groups is 1. The molecule has 2 N–H and O–H groups in total. The maximum Gasteiger partial charge on any atom is 0.338 e. The molecule has 3 aromatic rings. The van der Waals surface area contributed by atoms with Gasteiger partial charge in [-0.2, -0.15) is 5.01 Å². The van der Waals surface area contributed by atoms with Crippen molar-refractivity contribution >= 4 is 86.2 Å². The highest BCUT2D eigenvalue weighted by molar-refractivity contribution is 8.26. The van der Waals surface area contributed by atoms with Gasteiger partial charge in [-0.05, 0) is 54.2 Å². The summed E-state index contributed by atoms with van der Waals surface area (Å²) in [6.45, 7) is 0. The molecule has 2 heterocycles. The number of hydrogen-bond donors (Lipinski definition) is 2. The number of urea groups is 1. The Balaban J connectivity index is 1.52. The Morgan fingerprint density at radius 2 is 1.75 bits per heavy atom. The van der Waals surface area contributed by atoms with Crippen molar-refractivity contribution in [2.45, 2.75) is 0 Å². The van der Waals surface area contributed by atoms with Crippen LogP contribution in [0.4, 0.5) is 10.5 Å². The second kappa shape index (κ2) is 8.62. The smallest absolute Gasteiger partial charge is 0.307 e. The maximum atomic E-state index is 12.8. The summed E-state index contributed by atoms with van der Waals surface area (Å²) in [5.41, 5.74) is 4.94. The molecule has 8 nitrogen and oxygen atoms in total. The fraction of sp³-hybridized carbons (Fsp3) is 0.100. The highest BCUT2D eigenvalue weighted by Crippen LogP contribution is 2.32. The summed E-state index contributed by atoms with van der Waals surface area (Å²) in [6.07, 6.45) is 1.66. The van der Waals surface area contributed by atoms with Gasteiger partial charge in [-0.25, -0.2) is 15.0 Å². The monoisotopic (exact) mass is 507 g/mol. The Morgan fingerprint density at radius 3 is 2.47 bits per heavy atom. The molecule has 0 aliphatic carbocycles. The zero-order chi connectivity index (χ0) is 23.2. The van der Waals surface area contributed by atoms with Crippen molar-refractivity contribution in [1.82, 2.24) is 19.6 Å². The molecule has 1 aromatic heterocycles. The van der Waals surface area contributed by atoms with Crippen molar-refractivity contribution in [2.24, 2.45) is 14.1 Å². The molecule has 1 aliphatic rings. The SMILES string of the molecule is Cn1c(=O)n(C)c2cc(/C=C3/SC(=S)N(NC(=O)Nc4ccc(Cl)c(Cl)c4)C3=O)ccc21. The van der Waals surface area contributed by atoms with Gasteiger partial charge >= 0.3 is 11.7 Å². The van der Waals surface area contributed by atoms with Crippen molar-refractivity contribution in [1.29, 1.82) is 0 Å². The molecule has 0 atom stereocenters. The highest BCUT2D eigenvalue weighted by Gasteiger charge is 2.33. The van der Waals surface area contributed by atoms with E-state index in [1.165, 1.54) is 10.6 Å². The number of benzene rings is 2. The van der Waals surface area contributed by atoms with Gasteiger partial charge in [0.05, 0.1) is 26.0 Å². The number of thiocarbonyl (C=S) groups is 1. The third-order valence-electron chi connectivity index (χ3n) is 4.78. The lowest BCUT2D eigenvalue weighted by atomic mass is 10.2. The molecule has 164 valence electrons. The first-order chi connectivity index (χ1) is 15.2. The average molecular weight is 508 g/mol. The van der Waals surface area contributed by atoms with E-state index >= 15 is 0 Å². The van der Waals surface area contributed by atoms with Gasteiger partial charge in [0, 0.05) is 19.8 Å². The first-order valence-electron chi connectivity index (χ1n) is 9.12. The van der Waals surface area contributed by atoms with E-state index in [-0.39, 0.29) is 15.0 Å². The zero-order valence-electron chi connectivity index (χ0n) is 16.7. The molecule has 0 spiro atoms. The molecule has 0 radical (unpaired) electrons. The lowest BCUT2D eigenvalue weighted by Gasteiger charge is -2.16. The maximum absolute atomic E-state index is 12.8. The van der Waals surface area contributed by atoms with Crippen molar-refractivity contribution in [3.8, 4) is 0 Å². The summed E-state index contributed by atoms with van der Waals surface area (Å²) >= 11 is 18.1. The van der Waals surface area contributed by atoms with E-state index in [2.05, 4.69) is 10.7 Å². The summed E-state index contributed by atoms with van der Waals surface area (Å²) < 4.78 is 3.26. The Labute approximate surface area is 201 Å². The highest BCUT2D eigenvalue weighted by atomic mass is 35.5. The predicted molar refractivity (Wildman–Crippen MR) is 132 cm³/mol. The molecule has 12 heteroatoms. The van der Waals surface area contributed by atoms with Crippen LogP contribution < -0.4 is 16.4 Å². The van der Waals surface area contributed by atoms with Gasteiger partial charge in [-0.3, -0.25) is 13.9 Å². The normalized spacial score (nSPS) is 15.1. The molecular weight excluding hydrogens is 493 g/mol. The Morgan fingerprint density at radius 1 is 1.03 bits per heavy atom. The third-order valence-corrected chi connectivity index (χ3v) is 6.82. The standard InChI is InChI=1S/C20H15Cl2N5O3S2/c1-25-14-6-3-10(7-15(14)26(2)19(25)30)8-16-17(28)27(20(31)32-16)24-18(29)23-11-4-5-12(21)13(22)9-11/h3-9H,1-2H3,(H2,23,24,29)/b16-8+. The van der Waals surface area contributed by atoms with E-state index in [0.29, 0.717) is 15.6 Å². The summed E-state index contributed by atoms with van der Waals surface area (Å²) in [6, 6.07) is 9.37. The lowest BCUT2D eigenvalue weighted by Crippen LogP contribution is -2.46. The van der Waals surface area contributed by atoms with Gasteiger partial charge in [0.25, 0.3) is 5.91 Å².